The molecule has 0 bridgehead atoms. The second-order valence-electron chi connectivity index (χ2n) is 6.19. The summed E-state index contributed by atoms with van der Waals surface area (Å²) in [5, 5.41) is 12.8. The Kier molecular flexibility index (Phi) is 3.71. The van der Waals surface area contributed by atoms with Crippen molar-refractivity contribution < 1.29 is 14.7 Å². The number of hydrogen-bond donors (Lipinski definition) is 2. The molecule has 3 unspecified atom stereocenters. The van der Waals surface area contributed by atoms with Crippen LogP contribution < -0.4 is 5.32 Å². The molecule has 0 aromatic rings. The zero-order valence-corrected chi connectivity index (χ0v) is 12.6. The lowest BCUT2D eigenvalue weighted by Gasteiger charge is -2.36. The van der Waals surface area contributed by atoms with Gasteiger partial charge in [0.1, 0.15) is 6.04 Å². The Balaban J connectivity index is 1.86. The Morgan fingerprint density at radius 3 is 2.70 bits per heavy atom. The van der Waals surface area contributed by atoms with Gasteiger partial charge in [-0.3, -0.25) is 4.79 Å². The van der Waals surface area contributed by atoms with Gasteiger partial charge in [-0.15, -0.1) is 11.8 Å². The summed E-state index contributed by atoms with van der Waals surface area (Å²) in [4.78, 5) is 26.3. The first-order chi connectivity index (χ1) is 9.59. The Morgan fingerprint density at radius 2 is 2.20 bits per heavy atom. The molecule has 112 valence electrons. The van der Waals surface area contributed by atoms with Crippen molar-refractivity contribution in [1.29, 1.82) is 0 Å². The molecule has 2 N–H and O–H groups in total. The molecule has 2 saturated heterocycles. The van der Waals surface area contributed by atoms with Gasteiger partial charge in [-0.1, -0.05) is 6.92 Å². The summed E-state index contributed by atoms with van der Waals surface area (Å²) in [5.41, 5.74) is -0.383. The molecule has 3 aliphatic rings. The average molecular weight is 298 g/mol. The molecule has 0 aromatic carbocycles. The molecular formula is C14H22N2O3S. The number of carbonyl (C=O) groups is 2. The van der Waals surface area contributed by atoms with E-state index in [1.54, 1.807) is 16.7 Å². The normalized spacial score (nSPS) is 37.4. The van der Waals surface area contributed by atoms with Crippen molar-refractivity contribution in [1.82, 2.24) is 10.2 Å². The number of carboxylic acids is 1. The van der Waals surface area contributed by atoms with Crippen LogP contribution in [0.1, 0.15) is 32.6 Å². The van der Waals surface area contributed by atoms with Crippen LogP contribution in [0.2, 0.25) is 0 Å². The average Bonchev–Trinajstić information content (AvgIpc) is 3.02. The Labute approximate surface area is 123 Å². The maximum absolute atomic E-state index is 13.1. The van der Waals surface area contributed by atoms with Gasteiger partial charge in [-0.2, -0.15) is 0 Å². The first-order valence-corrected chi connectivity index (χ1v) is 8.52. The molecule has 2 heterocycles. The minimum atomic E-state index is -0.855. The Bertz CT molecular complexity index is 419. The third-order valence-electron chi connectivity index (χ3n) is 4.95. The third-order valence-corrected chi connectivity index (χ3v) is 6.42. The van der Waals surface area contributed by atoms with Gasteiger partial charge in [0.05, 0.1) is 10.8 Å². The molecule has 3 fully saturated rings. The number of hydrogen-bond acceptors (Lipinski definition) is 4. The zero-order valence-electron chi connectivity index (χ0n) is 11.8. The summed E-state index contributed by atoms with van der Waals surface area (Å²) in [6.07, 6.45) is 3.87. The molecule has 6 heteroatoms. The molecule has 3 rings (SSSR count). The SMILES string of the molecule is CCC1(C(=O)N2C(C(=O)O)CSC2C2CC2)CCNC1. The van der Waals surface area contributed by atoms with Crippen LogP contribution >= 0.6 is 11.8 Å². The molecule has 0 spiro atoms. The van der Waals surface area contributed by atoms with E-state index in [9.17, 15) is 14.7 Å². The van der Waals surface area contributed by atoms with E-state index >= 15 is 0 Å². The Hall–Kier alpha value is -0.750. The number of nitrogens with zero attached hydrogens (tertiary/aromatic N) is 1. The van der Waals surface area contributed by atoms with E-state index in [1.807, 2.05) is 6.92 Å². The second kappa shape index (κ2) is 5.22. The van der Waals surface area contributed by atoms with E-state index in [2.05, 4.69) is 5.32 Å². The molecule has 0 aromatic heterocycles. The monoisotopic (exact) mass is 298 g/mol. The van der Waals surface area contributed by atoms with E-state index in [1.165, 1.54) is 0 Å². The lowest BCUT2D eigenvalue weighted by atomic mass is 9.82. The third kappa shape index (κ3) is 2.22. The van der Waals surface area contributed by atoms with Crippen LogP contribution in [-0.4, -0.2) is 52.1 Å². The fourth-order valence-corrected chi connectivity index (χ4v) is 5.00. The first kappa shape index (κ1) is 14.2. The number of rotatable bonds is 4. The minimum absolute atomic E-state index is 0.0688. The van der Waals surface area contributed by atoms with Gasteiger partial charge in [0.2, 0.25) is 5.91 Å². The lowest BCUT2D eigenvalue weighted by Crippen LogP contribution is -2.53. The predicted octanol–water partition coefficient (Wildman–Crippen LogP) is 1.14. The number of carboxylic acid groups (broad SMARTS) is 1. The largest absolute Gasteiger partial charge is 0.480 e. The molecule has 0 radical (unpaired) electrons. The van der Waals surface area contributed by atoms with Crippen molar-refractivity contribution in [2.45, 2.75) is 44.0 Å². The standard InChI is InChI=1S/C14H22N2O3S/c1-2-14(5-6-15-8-14)13(19)16-10(12(17)18)7-20-11(16)9-3-4-9/h9-11,15H,2-8H2,1H3,(H,17,18). The second-order valence-corrected chi connectivity index (χ2v) is 7.34. The maximum atomic E-state index is 13.1. The van der Waals surface area contributed by atoms with Crippen LogP contribution in [0.3, 0.4) is 0 Å². The molecule has 1 aliphatic carbocycles. The van der Waals surface area contributed by atoms with Crippen LogP contribution in [0, 0.1) is 11.3 Å². The van der Waals surface area contributed by atoms with Crippen LogP contribution in [-0.2, 0) is 9.59 Å². The van der Waals surface area contributed by atoms with E-state index in [-0.39, 0.29) is 16.7 Å². The van der Waals surface area contributed by atoms with Crippen molar-refractivity contribution in [3.05, 3.63) is 0 Å². The quantitative estimate of drug-likeness (QED) is 0.814. The summed E-state index contributed by atoms with van der Waals surface area (Å²) >= 11 is 1.66. The molecular weight excluding hydrogens is 276 g/mol. The maximum Gasteiger partial charge on any atom is 0.327 e. The molecule has 1 amide bonds. The van der Waals surface area contributed by atoms with Crippen LogP contribution in [0.5, 0.6) is 0 Å². The fraction of sp³-hybridized carbons (Fsp3) is 0.857. The molecule has 2 aliphatic heterocycles. The van der Waals surface area contributed by atoms with E-state index < -0.39 is 12.0 Å². The van der Waals surface area contributed by atoms with Gasteiger partial charge >= 0.3 is 5.97 Å². The predicted molar refractivity (Wildman–Crippen MR) is 77.5 cm³/mol. The molecule has 20 heavy (non-hydrogen) atoms. The van der Waals surface area contributed by atoms with E-state index in [0.29, 0.717) is 18.2 Å². The number of carbonyl (C=O) groups excluding carboxylic acids is 1. The number of aliphatic carboxylic acids is 1. The van der Waals surface area contributed by atoms with E-state index in [0.717, 1.165) is 32.2 Å². The smallest absolute Gasteiger partial charge is 0.327 e. The van der Waals surface area contributed by atoms with Crippen molar-refractivity contribution in [2.75, 3.05) is 18.8 Å². The summed E-state index contributed by atoms with van der Waals surface area (Å²) in [6.45, 7) is 3.58. The fourth-order valence-electron chi connectivity index (χ4n) is 3.37. The van der Waals surface area contributed by atoms with Crippen LogP contribution in [0.25, 0.3) is 0 Å². The zero-order chi connectivity index (χ0) is 14.3. The number of amides is 1. The summed E-state index contributed by atoms with van der Waals surface area (Å²) in [6, 6.07) is -0.637. The van der Waals surface area contributed by atoms with Gasteiger partial charge < -0.3 is 15.3 Å². The molecule has 3 atom stereocenters. The lowest BCUT2D eigenvalue weighted by molar-refractivity contribution is -0.154. The summed E-state index contributed by atoms with van der Waals surface area (Å²) < 4.78 is 0. The number of thioether (sulfide) groups is 1. The first-order valence-electron chi connectivity index (χ1n) is 7.47. The van der Waals surface area contributed by atoms with Crippen molar-refractivity contribution >= 4 is 23.6 Å². The summed E-state index contributed by atoms with van der Waals surface area (Å²) in [5.74, 6) is 0.261. The molecule has 1 saturated carbocycles. The van der Waals surface area contributed by atoms with Gasteiger partial charge in [0.25, 0.3) is 0 Å². The van der Waals surface area contributed by atoms with Gasteiger partial charge in [-0.25, -0.2) is 4.79 Å². The highest BCUT2D eigenvalue weighted by atomic mass is 32.2. The van der Waals surface area contributed by atoms with Gasteiger partial charge in [0.15, 0.2) is 0 Å². The van der Waals surface area contributed by atoms with Crippen LogP contribution in [0.15, 0.2) is 0 Å². The van der Waals surface area contributed by atoms with Crippen molar-refractivity contribution in [3.8, 4) is 0 Å². The van der Waals surface area contributed by atoms with Crippen molar-refractivity contribution in [2.24, 2.45) is 11.3 Å². The van der Waals surface area contributed by atoms with E-state index in [4.69, 9.17) is 0 Å². The highest BCUT2D eigenvalue weighted by Crippen LogP contribution is 2.47. The van der Waals surface area contributed by atoms with Crippen molar-refractivity contribution in [3.63, 3.8) is 0 Å². The Morgan fingerprint density at radius 1 is 1.45 bits per heavy atom. The van der Waals surface area contributed by atoms with Gasteiger partial charge in [0, 0.05) is 12.3 Å². The minimum Gasteiger partial charge on any atom is -0.480 e. The highest BCUT2D eigenvalue weighted by Gasteiger charge is 2.53. The molecule has 5 nitrogen and oxygen atoms in total. The summed E-state index contributed by atoms with van der Waals surface area (Å²) in [7, 11) is 0. The number of nitrogens with one attached hydrogen (secondary N) is 1. The van der Waals surface area contributed by atoms with Gasteiger partial charge in [-0.05, 0) is 38.1 Å². The highest BCUT2D eigenvalue weighted by molar-refractivity contribution is 8.00. The topological polar surface area (TPSA) is 69.6 Å². The van der Waals surface area contributed by atoms with Crippen LogP contribution in [0.4, 0.5) is 0 Å².